The molecule has 35 heavy (non-hydrogen) atoms. The molecule has 0 bridgehead atoms. The Morgan fingerprint density at radius 3 is 2.66 bits per heavy atom. The Morgan fingerprint density at radius 2 is 1.89 bits per heavy atom. The van der Waals surface area contributed by atoms with Crippen molar-refractivity contribution in [1.82, 2.24) is 15.5 Å². The Balaban J connectivity index is 1.67. The zero-order chi connectivity index (χ0) is 24.5. The molecule has 1 aliphatic rings. The summed E-state index contributed by atoms with van der Waals surface area (Å²) < 4.78 is 24.7. The number of hydrogen-bond acceptors (Lipinski definition) is 5. The zero-order valence-electron chi connectivity index (χ0n) is 18.8. The Bertz CT molecular complexity index is 1450. The maximum Gasteiger partial charge on any atom is 0.327 e. The predicted molar refractivity (Wildman–Crippen MR) is 130 cm³/mol. The quantitative estimate of drug-likeness (QED) is 0.358. The molecule has 2 heterocycles. The number of carbonyl (C=O) groups excluding carboxylic acids is 1. The number of aromatic nitrogens is 2. The Kier molecular flexibility index (Phi) is 5.96. The van der Waals surface area contributed by atoms with Crippen molar-refractivity contribution >= 4 is 28.9 Å². The summed E-state index contributed by atoms with van der Waals surface area (Å²) in [6.45, 7) is 1.80. The molecule has 1 aliphatic heterocycles. The molecule has 1 aromatic heterocycles. The number of rotatable bonds is 5. The molecule has 2 amide bonds. The molecule has 7 nitrogen and oxygen atoms in total. The van der Waals surface area contributed by atoms with Crippen molar-refractivity contribution in [1.29, 1.82) is 0 Å². The van der Waals surface area contributed by atoms with Crippen LogP contribution in [0.2, 0.25) is 5.02 Å². The molecule has 3 aromatic carbocycles. The van der Waals surface area contributed by atoms with E-state index < -0.39 is 11.9 Å². The lowest BCUT2D eigenvalue weighted by molar-refractivity contribution is 0.244. The molecular formula is C26H20ClFN4O3. The summed E-state index contributed by atoms with van der Waals surface area (Å²) >= 11 is 6.25. The van der Waals surface area contributed by atoms with Crippen LogP contribution in [0.15, 0.2) is 83.0 Å². The summed E-state index contributed by atoms with van der Waals surface area (Å²) in [5.41, 5.74) is 3.00. The van der Waals surface area contributed by atoms with Crippen LogP contribution in [-0.2, 0) is 0 Å². The molecule has 0 spiro atoms. The van der Waals surface area contributed by atoms with Gasteiger partial charge in [-0.25, -0.2) is 9.18 Å². The number of halogens is 2. The van der Waals surface area contributed by atoms with E-state index in [1.54, 1.807) is 68.6 Å². The lowest BCUT2D eigenvalue weighted by Gasteiger charge is -2.35. The number of ether oxygens (including phenoxy) is 1. The fourth-order valence-corrected chi connectivity index (χ4v) is 4.29. The van der Waals surface area contributed by atoms with E-state index >= 15 is 0 Å². The first-order chi connectivity index (χ1) is 16.9. The van der Waals surface area contributed by atoms with E-state index in [2.05, 4.69) is 15.5 Å². The number of amides is 2. The van der Waals surface area contributed by atoms with Gasteiger partial charge in [-0.05, 0) is 48.9 Å². The SMILES string of the molecule is COc1cccc(N2C(=O)NC(c3cccc(Cl)c3)C(c3nc(-c4cccc(F)c4)no3)=C2C)c1. The third kappa shape index (κ3) is 4.36. The summed E-state index contributed by atoms with van der Waals surface area (Å²) in [6, 6.07) is 19.3. The first-order valence-corrected chi connectivity index (χ1v) is 11.1. The second-order valence-electron chi connectivity index (χ2n) is 7.91. The van der Waals surface area contributed by atoms with Crippen molar-refractivity contribution in [2.24, 2.45) is 0 Å². The minimum absolute atomic E-state index is 0.194. The molecular weight excluding hydrogens is 471 g/mol. The number of methoxy groups -OCH3 is 1. The van der Waals surface area contributed by atoms with E-state index in [0.29, 0.717) is 33.3 Å². The maximum absolute atomic E-state index is 13.8. The van der Waals surface area contributed by atoms with Gasteiger partial charge in [0.1, 0.15) is 11.6 Å². The van der Waals surface area contributed by atoms with Gasteiger partial charge in [-0.1, -0.05) is 47.1 Å². The van der Waals surface area contributed by atoms with Crippen molar-refractivity contribution in [3.05, 3.63) is 101 Å². The van der Waals surface area contributed by atoms with E-state index in [-0.39, 0.29) is 17.7 Å². The number of anilines is 1. The first kappa shape index (κ1) is 22.6. The minimum Gasteiger partial charge on any atom is -0.497 e. The molecule has 1 atom stereocenters. The molecule has 4 aromatic rings. The van der Waals surface area contributed by atoms with Crippen molar-refractivity contribution in [3.8, 4) is 17.1 Å². The van der Waals surface area contributed by atoms with E-state index in [1.807, 2.05) is 6.07 Å². The molecule has 0 radical (unpaired) electrons. The van der Waals surface area contributed by atoms with Gasteiger partial charge in [-0.15, -0.1) is 0 Å². The van der Waals surface area contributed by atoms with E-state index in [0.717, 1.165) is 5.56 Å². The van der Waals surface area contributed by atoms with Crippen LogP contribution >= 0.6 is 11.6 Å². The van der Waals surface area contributed by atoms with Crippen LogP contribution in [0.5, 0.6) is 5.75 Å². The summed E-state index contributed by atoms with van der Waals surface area (Å²) in [5.74, 6) is 0.622. The summed E-state index contributed by atoms with van der Waals surface area (Å²) in [4.78, 5) is 19.4. The number of urea groups is 1. The summed E-state index contributed by atoms with van der Waals surface area (Å²) in [7, 11) is 1.56. The van der Waals surface area contributed by atoms with Crippen LogP contribution in [0.4, 0.5) is 14.9 Å². The highest BCUT2D eigenvalue weighted by Crippen LogP contribution is 2.40. The van der Waals surface area contributed by atoms with Crippen LogP contribution in [0, 0.1) is 5.82 Å². The average molecular weight is 491 g/mol. The summed E-state index contributed by atoms with van der Waals surface area (Å²) in [5, 5.41) is 7.61. The predicted octanol–water partition coefficient (Wildman–Crippen LogP) is 6.24. The number of nitrogens with one attached hydrogen (secondary N) is 1. The van der Waals surface area contributed by atoms with Gasteiger partial charge in [0.2, 0.25) is 5.82 Å². The topological polar surface area (TPSA) is 80.5 Å². The first-order valence-electron chi connectivity index (χ1n) is 10.8. The van der Waals surface area contributed by atoms with Gasteiger partial charge >= 0.3 is 6.03 Å². The largest absolute Gasteiger partial charge is 0.497 e. The monoisotopic (exact) mass is 490 g/mol. The van der Waals surface area contributed by atoms with E-state index in [9.17, 15) is 9.18 Å². The van der Waals surface area contributed by atoms with Crippen LogP contribution < -0.4 is 15.0 Å². The molecule has 0 saturated carbocycles. The van der Waals surface area contributed by atoms with Gasteiger partial charge in [-0.2, -0.15) is 4.98 Å². The molecule has 1 unspecified atom stereocenters. The zero-order valence-corrected chi connectivity index (χ0v) is 19.6. The highest BCUT2D eigenvalue weighted by Gasteiger charge is 2.36. The third-order valence-electron chi connectivity index (χ3n) is 5.72. The highest BCUT2D eigenvalue weighted by molar-refractivity contribution is 6.30. The number of carbonyl (C=O) groups is 1. The molecule has 9 heteroatoms. The third-order valence-corrected chi connectivity index (χ3v) is 5.95. The van der Waals surface area contributed by atoms with Crippen molar-refractivity contribution in [2.45, 2.75) is 13.0 Å². The fraction of sp³-hybridized carbons (Fsp3) is 0.115. The fourth-order valence-electron chi connectivity index (χ4n) is 4.09. The normalized spacial score (nSPS) is 15.8. The number of benzene rings is 3. The van der Waals surface area contributed by atoms with Gasteiger partial charge < -0.3 is 14.6 Å². The van der Waals surface area contributed by atoms with Crippen molar-refractivity contribution < 1.29 is 18.4 Å². The maximum atomic E-state index is 13.8. The Morgan fingerprint density at radius 1 is 1.09 bits per heavy atom. The van der Waals surface area contributed by atoms with Crippen LogP contribution in [0.25, 0.3) is 17.0 Å². The molecule has 176 valence electrons. The van der Waals surface area contributed by atoms with Gasteiger partial charge in [0.05, 0.1) is 24.4 Å². The van der Waals surface area contributed by atoms with Gasteiger partial charge in [0.15, 0.2) is 0 Å². The summed E-state index contributed by atoms with van der Waals surface area (Å²) in [6.07, 6.45) is 0. The number of hydrogen-bond donors (Lipinski definition) is 1. The second-order valence-corrected chi connectivity index (χ2v) is 8.34. The molecule has 0 saturated heterocycles. The van der Waals surface area contributed by atoms with Crippen molar-refractivity contribution in [2.75, 3.05) is 12.0 Å². The molecule has 5 rings (SSSR count). The number of nitrogens with zero attached hydrogens (tertiary/aromatic N) is 3. The number of allylic oxidation sites excluding steroid dienone is 1. The van der Waals surface area contributed by atoms with Gasteiger partial charge in [0.25, 0.3) is 5.89 Å². The van der Waals surface area contributed by atoms with Crippen LogP contribution in [0.1, 0.15) is 24.4 Å². The highest BCUT2D eigenvalue weighted by atomic mass is 35.5. The van der Waals surface area contributed by atoms with Crippen LogP contribution in [-0.4, -0.2) is 23.3 Å². The minimum atomic E-state index is -0.608. The van der Waals surface area contributed by atoms with Gasteiger partial charge in [0, 0.05) is 22.3 Å². The molecule has 1 N–H and O–H groups in total. The van der Waals surface area contributed by atoms with E-state index in [1.165, 1.54) is 17.0 Å². The van der Waals surface area contributed by atoms with E-state index in [4.69, 9.17) is 20.9 Å². The van der Waals surface area contributed by atoms with Gasteiger partial charge in [-0.3, -0.25) is 4.90 Å². The Labute approximate surface area is 205 Å². The smallest absolute Gasteiger partial charge is 0.327 e. The standard InChI is InChI=1S/C26H20ClFN4O3/c1-15-22(25-30-24(31-35-25)17-7-4-9-19(28)13-17)23(16-6-3-8-18(27)12-16)29-26(33)32(15)20-10-5-11-21(14-20)34-2/h3-14,23H,1-2H3,(H,29,33). The Hall–Kier alpha value is -4.17. The second kappa shape index (κ2) is 9.23. The molecule has 0 aliphatic carbocycles. The average Bonchev–Trinajstić information content (AvgIpc) is 3.34. The lowest BCUT2D eigenvalue weighted by atomic mass is 9.94. The lowest BCUT2D eigenvalue weighted by Crippen LogP contribution is -2.46. The van der Waals surface area contributed by atoms with Crippen LogP contribution in [0.3, 0.4) is 0 Å². The molecule has 0 fully saturated rings. The van der Waals surface area contributed by atoms with Crippen molar-refractivity contribution in [3.63, 3.8) is 0 Å².